The zero-order valence-corrected chi connectivity index (χ0v) is 11.5. The van der Waals surface area contributed by atoms with Crippen LogP contribution in [0.1, 0.15) is 19.8 Å². The second-order valence-corrected chi connectivity index (χ2v) is 13.0. The van der Waals surface area contributed by atoms with Crippen molar-refractivity contribution in [2.24, 2.45) is 0 Å². The third-order valence-electron chi connectivity index (χ3n) is 0.883. The Kier molecular flexibility index (Phi) is 12.3. The molecule has 0 aromatic heterocycles. The largest absolute Gasteiger partial charge is 0.848 e. The molecule has 0 heterocycles. The summed E-state index contributed by atoms with van der Waals surface area (Å²) in [5, 5.41) is 8.83. The molecule has 0 fully saturated rings. The van der Waals surface area contributed by atoms with Crippen LogP contribution in [0, 0.1) is 0 Å². The minimum Gasteiger partial charge on any atom is -0.848 e. The summed E-state index contributed by atoms with van der Waals surface area (Å²) in [6.07, 6.45) is -2.06. The molecule has 0 aromatic carbocycles. The van der Waals surface area contributed by atoms with Gasteiger partial charge in [-0.25, -0.2) is 0 Å². The summed E-state index contributed by atoms with van der Waals surface area (Å²) in [7, 11) is 11.2. The van der Waals surface area contributed by atoms with Crippen LogP contribution in [0.2, 0.25) is 4.44 Å². The summed E-state index contributed by atoms with van der Waals surface area (Å²) in [6, 6.07) is 0. The molecule has 0 N–H and O–H groups in total. The van der Waals surface area contributed by atoms with Gasteiger partial charge in [0.25, 0.3) is 0 Å². The SMILES string of the molecule is CCC[CH2][Sn+]([Cl])[Cl].[O-]CC(F)(F)F. The molecule has 0 saturated carbocycles. The zero-order valence-electron chi connectivity index (χ0n) is 7.13. The molecule has 0 radical (unpaired) electrons. The predicted octanol–water partition coefficient (Wildman–Crippen LogP) is 2.66. The van der Waals surface area contributed by atoms with Crippen LogP contribution in [-0.4, -0.2) is 30.3 Å². The number of hydrogen-bond acceptors (Lipinski definition) is 1. The summed E-state index contributed by atoms with van der Waals surface area (Å²) in [5.74, 6) is 0. The van der Waals surface area contributed by atoms with Crippen LogP contribution in [0.5, 0.6) is 0 Å². The second kappa shape index (κ2) is 9.67. The average molecular weight is 346 g/mol. The van der Waals surface area contributed by atoms with Crippen LogP contribution in [0.15, 0.2) is 0 Å². The first-order valence-electron chi connectivity index (χ1n) is 3.65. The van der Waals surface area contributed by atoms with Gasteiger partial charge < -0.3 is 5.11 Å². The fourth-order valence-electron chi connectivity index (χ4n) is 0.310. The molecule has 0 aliphatic heterocycles. The van der Waals surface area contributed by atoms with Gasteiger partial charge in [-0.3, -0.25) is 0 Å². The maximum Gasteiger partial charge on any atom is 0.374 e. The van der Waals surface area contributed by atoms with Gasteiger partial charge >= 0.3 is 65.7 Å². The van der Waals surface area contributed by atoms with Crippen molar-refractivity contribution in [1.29, 1.82) is 0 Å². The van der Waals surface area contributed by atoms with Crippen LogP contribution < -0.4 is 5.11 Å². The number of unbranched alkanes of at least 4 members (excludes halogenated alkanes) is 1. The fourth-order valence-corrected chi connectivity index (χ4v) is 3.88. The maximum atomic E-state index is 10.5. The molecule has 0 rings (SSSR count). The Morgan fingerprint density at radius 1 is 1.31 bits per heavy atom. The first-order chi connectivity index (χ1) is 5.83. The van der Waals surface area contributed by atoms with E-state index < -0.39 is 30.3 Å². The number of rotatable bonds is 3. The van der Waals surface area contributed by atoms with E-state index in [1.165, 1.54) is 12.8 Å². The molecule has 0 saturated heterocycles. The molecular weight excluding hydrogens is 335 g/mol. The van der Waals surface area contributed by atoms with Gasteiger partial charge in [0.1, 0.15) is 0 Å². The third-order valence-corrected chi connectivity index (χ3v) is 5.51. The van der Waals surface area contributed by atoms with Crippen molar-refractivity contribution in [3.8, 4) is 0 Å². The van der Waals surface area contributed by atoms with E-state index in [1.54, 1.807) is 0 Å². The summed E-state index contributed by atoms with van der Waals surface area (Å²) in [6.45, 7) is 0.173. The van der Waals surface area contributed by atoms with Gasteiger partial charge in [0.05, 0.1) is 0 Å². The summed E-state index contributed by atoms with van der Waals surface area (Å²) < 4.78 is 32.5. The summed E-state index contributed by atoms with van der Waals surface area (Å²) in [5.41, 5.74) is 0. The number of hydrogen-bond donors (Lipinski definition) is 0. The van der Waals surface area contributed by atoms with E-state index in [1.807, 2.05) is 0 Å². The van der Waals surface area contributed by atoms with Crippen LogP contribution in [0.25, 0.3) is 0 Å². The Hall–Kier alpha value is 1.13. The first kappa shape index (κ1) is 16.6. The molecule has 0 spiro atoms. The monoisotopic (exact) mass is 346 g/mol. The molecule has 0 unspecified atom stereocenters. The van der Waals surface area contributed by atoms with Gasteiger partial charge in [-0.15, -0.1) is 0 Å². The molecule has 80 valence electrons. The van der Waals surface area contributed by atoms with E-state index >= 15 is 0 Å². The Balaban J connectivity index is 0. The summed E-state index contributed by atoms with van der Waals surface area (Å²) >= 11 is -1.70. The number of alkyl halides is 3. The zero-order chi connectivity index (χ0) is 10.9. The van der Waals surface area contributed by atoms with E-state index in [0.717, 1.165) is 4.44 Å². The summed E-state index contributed by atoms with van der Waals surface area (Å²) in [4.78, 5) is 0. The van der Waals surface area contributed by atoms with E-state index in [-0.39, 0.29) is 0 Å². The van der Waals surface area contributed by atoms with Gasteiger partial charge in [-0.1, -0.05) is 0 Å². The van der Waals surface area contributed by atoms with E-state index in [0.29, 0.717) is 0 Å². The minimum absolute atomic E-state index is 1.13. The second-order valence-electron chi connectivity index (χ2n) is 2.20. The molecule has 0 aliphatic carbocycles. The van der Waals surface area contributed by atoms with Crippen LogP contribution in [0.3, 0.4) is 0 Å². The van der Waals surface area contributed by atoms with E-state index in [4.69, 9.17) is 22.9 Å². The normalized spacial score (nSPS) is 10.4. The Labute approximate surface area is 90.4 Å². The van der Waals surface area contributed by atoms with Crippen LogP contribution >= 0.6 is 17.8 Å². The van der Waals surface area contributed by atoms with Crippen LogP contribution in [-0.2, 0) is 0 Å². The van der Waals surface area contributed by atoms with E-state index in [9.17, 15) is 13.2 Å². The van der Waals surface area contributed by atoms with Crippen molar-refractivity contribution in [2.75, 3.05) is 6.61 Å². The standard InChI is InChI=1S/C4H9.C2H2F3O.2ClH.Sn/c1-3-4-2;3-2(4,5)1-6;;;/h1,3-4H2,2H3;1H2;2*1H;/q;-1;;;+3/p-2. The van der Waals surface area contributed by atoms with Crippen molar-refractivity contribution in [3.63, 3.8) is 0 Å². The van der Waals surface area contributed by atoms with Crippen molar-refractivity contribution in [1.82, 2.24) is 0 Å². The maximum absolute atomic E-state index is 10.5. The molecule has 0 amide bonds. The predicted molar refractivity (Wildman–Crippen MR) is 48.1 cm³/mol. The Morgan fingerprint density at radius 3 is 1.77 bits per heavy atom. The molecule has 1 nitrogen and oxygen atoms in total. The van der Waals surface area contributed by atoms with Crippen molar-refractivity contribution >= 4 is 35.3 Å². The molecule has 0 bridgehead atoms. The average Bonchev–Trinajstić information content (AvgIpc) is 2.01. The van der Waals surface area contributed by atoms with Gasteiger partial charge in [-0.2, -0.15) is 13.2 Å². The minimum atomic E-state index is -4.51. The van der Waals surface area contributed by atoms with Gasteiger partial charge in [0, 0.05) is 0 Å². The fraction of sp³-hybridized carbons (Fsp3) is 1.00. The van der Waals surface area contributed by atoms with Crippen molar-refractivity contribution < 1.29 is 18.3 Å². The van der Waals surface area contributed by atoms with Crippen molar-refractivity contribution in [2.45, 2.75) is 30.4 Å². The molecule has 0 atom stereocenters. The topological polar surface area (TPSA) is 23.1 Å². The molecule has 13 heavy (non-hydrogen) atoms. The van der Waals surface area contributed by atoms with Crippen molar-refractivity contribution in [3.05, 3.63) is 0 Å². The molecule has 7 heteroatoms. The Morgan fingerprint density at radius 2 is 1.69 bits per heavy atom. The number of halogens is 5. The quantitative estimate of drug-likeness (QED) is 0.721. The van der Waals surface area contributed by atoms with E-state index in [2.05, 4.69) is 6.92 Å². The third kappa shape index (κ3) is 24.6. The molecule has 0 aromatic rings. The van der Waals surface area contributed by atoms with Crippen LogP contribution in [0.4, 0.5) is 13.2 Å². The smallest absolute Gasteiger partial charge is 0.374 e. The molecular formula is C6H11Cl2F3OSn. The first-order valence-corrected chi connectivity index (χ1v) is 12.9. The molecule has 0 aliphatic rings. The van der Waals surface area contributed by atoms with Gasteiger partial charge in [0.15, 0.2) is 0 Å². The Bertz CT molecular complexity index is 111. The van der Waals surface area contributed by atoms with Gasteiger partial charge in [0.2, 0.25) is 0 Å². The van der Waals surface area contributed by atoms with Gasteiger partial charge in [-0.05, 0) is 6.61 Å².